The molecule has 2 aliphatic rings. The fourth-order valence-electron chi connectivity index (χ4n) is 3.74. The molecule has 2 heterocycles. The van der Waals surface area contributed by atoms with Crippen molar-refractivity contribution in [1.29, 1.82) is 0 Å². The highest BCUT2D eigenvalue weighted by molar-refractivity contribution is 7.09. The Morgan fingerprint density at radius 2 is 2.12 bits per heavy atom. The van der Waals surface area contributed by atoms with Crippen molar-refractivity contribution in [1.82, 2.24) is 15.1 Å². The second-order valence-corrected chi connectivity index (χ2v) is 7.95. The van der Waals surface area contributed by atoms with Gasteiger partial charge in [-0.15, -0.1) is 17.9 Å². The van der Waals surface area contributed by atoms with Crippen LogP contribution in [-0.2, 0) is 16.1 Å². The molecule has 1 N–H and O–H groups in total. The predicted molar refractivity (Wildman–Crippen MR) is 101 cm³/mol. The van der Waals surface area contributed by atoms with Gasteiger partial charge < -0.3 is 10.2 Å². The lowest BCUT2D eigenvalue weighted by Crippen LogP contribution is -2.48. The number of hydrogen-bond acceptors (Lipinski definition) is 4. The number of amides is 4. The molecule has 0 bridgehead atoms. The highest BCUT2D eigenvalue weighted by Crippen LogP contribution is 2.33. The fourth-order valence-corrected chi connectivity index (χ4v) is 4.46. The number of hydrogen-bond donors (Lipinski definition) is 1. The Morgan fingerprint density at radius 3 is 2.77 bits per heavy atom. The molecule has 3 rings (SSSR count). The summed E-state index contributed by atoms with van der Waals surface area (Å²) in [6, 6.07) is 3.57. The van der Waals surface area contributed by atoms with Crippen molar-refractivity contribution < 1.29 is 14.4 Å². The number of imide groups is 1. The Bertz CT molecular complexity index is 680. The number of carbonyl (C=O) groups excluding carboxylic acids is 3. The van der Waals surface area contributed by atoms with Crippen molar-refractivity contribution >= 4 is 29.2 Å². The second kappa shape index (κ2) is 8.03. The van der Waals surface area contributed by atoms with Gasteiger partial charge in [0.25, 0.3) is 5.91 Å². The van der Waals surface area contributed by atoms with Crippen LogP contribution in [0.4, 0.5) is 4.79 Å². The molecule has 1 spiro atoms. The zero-order chi connectivity index (χ0) is 18.6. The van der Waals surface area contributed by atoms with Crippen LogP contribution in [0.15, 0.2) is 30.2 Å². The minimum absolute atomic E-state index is 0.0801. The van der Waals surface area contributed by atoms with Crippen LogP contribution in [0.5, 0.6) is 0 Å². The maximum absolute atomic E-state index is 12.8. The number of nitrogens with one attached hydrogen (secondary N) is 1. The monoisotopic (exact) mass is 375 g/mol. The average molecular weight is 375 g/mol. The lowest BCUT2D eigenvalue weighted by atomic mass is 9.82. The third-order valence-electron chi connectivity index (χ3n) is 5.13. The lowest BCUT2D eigenvalue weighted by molar-refractivity contribution is -0.134. The summed E-state index contributed by atoms with van der Waals surface area (Å²) in [5.74, 6) is -0.243. The normalized spacial score (nSPS) is 18.8. The van der Waals surface area contributed by atoms with Crippen LogP contribution in [0, 0.1) is 0 Å². The van der Waals surface area contributed by atoms with Crippen molar-refractivity contribution in [3.8, 4) is 0 Å². The van der Waals surface area contributed by atoms with Gasteiger partial charge in [-0.3, -0.25) is 14.5 Å². The SMILES string of the molecule is C=CCN(Cc1cccs1)C(=O)CCN1C(=O)NC2(CCCCC2)C1=O. The molecular weight excluding hydrogens is 350 g/mol. The molecule has 2 fully saturated rings. The zero-order valence-electron chi connectivity index (χ0n) is 14.9. The van der Waals surface area contributed by atoms with E-state index >= 15 is 0 Å². The Labute approximate surface area is 157 Å². The topological polar surface area (TPSA) is 69.7 Å². The number of carbonyl (C=O) groups is 3. The van der Waals surface area contributed by atoms with Crippen LogP contribution < -0.4 is 5.32 Å². The first-order valence-corrected chi connectivity index (χ1v) is 9.99. The lowest BCUT2D eigenvalue weighted by Gasteiger charge is -2.30. The standard InChI is InChI=1S/C19H25N3O3S/c1-2-11-21(14-15-7-6-13-26-15)16(23)8-12-22-17(24)19(20-18(22)25)9-4-3-5-10-19/h2,6-7,13H,1,3-5,8-12,14H2,(H,20,25). The smallest absolute Gasteiger partial charge is 0.325 e. The number of rotatable bonds is 7. The highest BCUT2D eigenvalue weighted by Gasteiger charge is 2.51. The van der Waals surface area contributed by atoms with E-state index in [1.165, 1.54) is 4.90 Å². The van der Waals surface area contributed by atoms with E-state index in [9.17, 15) is 14.4 Å². The largest absolute Gasteiger partial charge is 0.334 e. The Hall–Kier alpha value is -2.15. The van der Waals surface area contributed by atoms with Gasteiger partial charge in [0.15, 0.2) is 0 Å². The maximum Gasteiger partial charge on any atom is 0.325 e. The summed E-state index contributed by atoms with van der Waals surface area (Å²) >= 11 is 1.60. The highest BCUT2D eigenvalue weighted by atomic mass is 32.1. The van der Waals surface area contributed by atoms with Crippen LogP contribution in [0.2, 0.25) is 0 Å². The molecule has 1 aromatic heterocycles. The third kappa shape index (κ3) is 3.82. The van der Waals surface area contributed by atoms with Crippen molar-refractivity contribution in [3.63, 3.8) is 0 Å². The Kier molecular flexibility index (Phi) is 5.76. The number of urea groups is 1. The van der Waals surface area contributed by atoms with Crippen LogP contribution in [-0.4, -0.2) is 46.3 Å². The van der Waals surface area contributed by atoms with Gasteiger partial charge in [0.2, 0.25) is 5.91 Å². The summed E-state index contributed by atoms with van der Waals surface area (Å²) < 4.78 is 0. The van der Waals surface area contributed by atoms with E-state index in [0.29, 0.717) is 25.9 Å². The molecular formula is C19H25N3O3S. The molecule has 140 valence electrons. The van der Waals surface area contributed by atoms with E-state index in [4.69, 9.17) is 0 Å². The van der Waals surface area contributed by atoms with E-state index in [2.05, 4.69) is 11.9 Å². The molecule has 0 radical (unpaired) electrons. The predicted octanol–water partition coefficient (Wildman–Crippen LogP) is 2.91. The van der Waals surface area contributed by atoms with Gasteiger partial charge in [-0.05, 0) is 24.3 Å². The van der Waals surface area contributed by atoms with Crippen LogP contribution in [0.25, 0.3) is 0 Å². The molecule has 26 heavy (non-hydrogen) atoms. The summed E-state index contributed by atoms with van der Waals surface area (Å²) in [7, 11) is 0. The molecule has 1 saturated carbocycles. The molecule has 0 atom stereocenters. The zero-order valence-corrected chi connectivity index (χ0v) is 15.7. The van der Waals surface area contributed by atoms with Crippen molar-refractivity contribution in [2.45, 2.75) is 50.6 Å². The molecule has 1 aliphatic carbocycles. The van der Waals surface area contributed by atoms with E-state index < -0.39 is 5.54 Å². The quantitative estimate of drug-likeness (QED) is 0.588. The molecule has 1 saturated heterocycles. The Balaban J connectivity index is 1.59. The summed E-state index contributed by atoms with van der Waals surface area (Å²) in [6.07, 6.45) is 6.22. The van der Waals surface area contributed by atoms with Crippen molar-refractivity contribution in [2.24, 2.45) is 0 Å². The fraction of sp³-hybridized carbons (Fsp3) is 0.526. The summed E-state index contributed by atoms with van der Waals surface area (Å²) in [4.78, 5) is 41.7. The second-order valence-electron chi connectivity index (χ2n) is 6.92. The van der Waals surface area contributed by atoms with Crippen molar-refractivity contribution in [3.05, 3.63) is 35.0 Å². The van der Waals surface area contributed by atoms with E-state index in [0.717, 1.165) is 24.1 Å². The number of nitrogens with zero attached hydrogens (tertiary/aromatic N) is 2. The van der Waals surface area contributed by atoms with Gasteiger partial charge in [-0.1, -0.05) is 31.4 Å². The van der Waals surface area contributed by atoms with Gasteiger partial charge >= 0.3 is 6.03 Å². The molecule has 1 aliphatic heterocycles. The first-order chi connectivity index (χ1) is 12.6. The maximum atomic E-state index is 12.8. The van der Waals surface area contributed by atoms with Crippen LogP contribution >= 0.6 is 11.3 Å². The molecule has 7 heteroatoms. The first-order valence-electron chi connectivity index (χ1n) is 9.11. The van der Waals surface area contributed by atoms with E-state index in [1.54, 1.807) is 22.3 Å². The third-order valence-corrected chi connectivity index (χ3v) is 5.99. The molecule has 0 aromatic carbocycles. The van der Waals surface area contributed by atoms with Crippen LogP contribution in [0.3, 0.4) is 0 Å². The minimum atomic E-state index is -0.726. The van der Waals surface area contributed by atoms with Gasteiger partial charge in [0, 0.05) is 24.4 Å². The van der Waals surface area contributed by atoms with E-state index in [1.807, 2.05) is 17.5 Å². The van der Waals surface area contributed by atoms with Gasteiger partial charge in [0.1, 0.15) is 5.54 Å². The summed E-state index contributed by atoms with van der Waals surface area (Å²) in [5, 5.41) is 4.86. The minimum Gasteiger partial charge on any atom is -0.334 e. The summed E-state index contributed by atoms with van der Waals surface area (Å²) in [6.45, 7) is 4.81. The number of thiophene rings is 1. The van der Waals surface area contributed by atoms with Gasteiger partial charge in [0.05, 0.1) is 6.54 Å². The van der Waals surface area contributed by atoms with E-state index in [-0.39, 0.29) is 30.8 Å². The Morgan fingerprint density at radius 1 is 1.35 bits per heavy atom. The summed E-state index contributed by atoms with van der Waals surface area (Å²) in [5.41, 5.74) is -0.726. The van der Waals surface area contributed by atoms with Crippen molar-refractivity contribution in [2.75, 3.05) is 13.1 Å². The molecule has 6 nitrogen and oxygen atoms in total. The molecule has 1 aromatic rings. The van der Waals surface area contributed by atoms with Gasteiger partial charge in [-0.2, -0.15) is 0 Å². The first kappa shape index (κ1) is 18.6. The average Bonchev–Trinajstić information content (AvgIpc) is 3.21. The van der Waals surface area contributed by atoms with Gasteiger partial charge in [-0.25, -0.2) is 4.79 Å². The molecule has 0 unspecified atom stereocenters. The molecule has 4 amide bonds. The van der Waals surface area contributed by atoms with Crippen LogP contribution in [0.1, 0.15) is 43.4 Å².